The number of anilines is 2. The van der Waals surface area contributed by atoms with Crippen molar-refractivity contribution in [3.8, 4) is 0 Å². The van der Waals surface area contributed by atoms with E-state index in [-0.39, 0.29) is 5.91 Å². The minimum atomic E-state index is -0.214. The Balaban J connectivity index is 1.67. The highest BCUT2D eigenvalue weighted by atomic mass is 32.1. The average molecular weight is 304 g/mol. The van der Waals surface area contributed by atoms with E-state index in [1.165, 1.54) is 17.7 Å². The predicted molar refractivity (Wildman–Crippen MR) is 81.2 cm³/mol. The Morgan fingerprint density at radius 1 is 1.43 bits per heavy atom. The molecule has 1 aliphatic heterocycles. The summed E-state index contributed by atoms with van der Waals surface area (Å²) in [5.41, 5.74) is 6.62. The molecular weight excluding hydrogens is 288 g/mol. The fourth-order valence-corrected chi connectivity index (χ4v) is 3.15. The Bertz CT molecular complexity index is 623. The van der Waals surface area contributed by atoms with Crippen molar-refractivity contribution in [3.05, 3.63) is 29.2 Å². The van der Waals surface area contributed by atoms with Crippen molar-refractivity contribution in [3.63, 3.8) is 0 Å². The average Bonchev–Trinajstić information content (AvgIpc) is 3.15. The highest BCUT2D eigenvalue weighted by Crippen LogP contribution is 2.30. The Morgan fingerprint density at radius 2 is 2.24 bits per heavy atom. The summed E-state index contributed by atoms with van der Waals surface area (Å²) in [7, 11) is 0. The molecule has 3 N–H and O–H groups in total. The maximum absolute atomic E-state index is 12.2. The van der Waals surface area contributed by atoms with E-state index in [1.54, 1.807) is 12.3 Å². The molecule has 3 heterocycles. The quantitative estimate of drug-likeness (QED) is 0.876. The summed E-state index contributed by atoms with van der Waals surface area (Å²) < 4.78 is 0. The molecular formula is C13H16N6OS. The van der Waals surface area contributed by atoms with Gasteiger partial charge >= 0.3 is 0 Å². The van der Waals surface area contributed by atoms with E-state index in [2.05, 4.69) is 25.2 Å². The van der Waals surface area contributed by atoms with Gasteiger partial charge in [0.1, 0.15) is 17.0 Å². The minimum Gasteiger partial charge on any atom is -0.382 e. The fraction of sp³-hybridized carbons (Fsp3) is 0.385. The second-order valence-corrected chi connectivity index (χ2v) is 5.77. The molecule has 3 rings (SSSR count). The Hall–Kier alpha value is -2.22. The van der Waals surface area contributed by atoms with Gasteiger partial charge in [-0.05, 0) is 18.9 Å². The first kappa shape index (κ1) is 13.7. The molecule has 0 saturated carbocycles. The molecule has 1 saturated heterocycles. The summed E-state index contributed by atoms with van der Waals surface area (Å²) in [4.78, 5) is 27.0. The monoisotopic (exact) mass is 304 g/mol. The molecule has 0 unspecified atom stereocenters. The molecule has 8 heteroatoms. The Kier molecular flexibility index (Phi) is 3.96. The van der Waals surface area contributed by atoms with E-state index >= 15 is 0 Å². The van der Waals surface area contributed by atoms with Crippen LogP contribution in [-0.4, -0.2) is 33.9 Å². The molecule has 0 atom stereocenters. The van der Waals surface area contributed by atoms with Gasteiger partial charge in [-0.1, -0.05) is 11.3 Å². The van der Waals surface area contributed by atoms with Crippen LogP contribution in [0.4, 0.5) is 10.9 Å². The largest absolute Gasteiger partial charge is 0.382 e. The topological polar surface area (TPSA) is 97.0 Å². The number of nitrogens with two attached hydrogens (primary N) is 1. The maximum atomic E-state index is 12.2. The van der Waals surface area contributed by atoms with E-state index in [0.717, 1.165) is 36.8 Å². The maximum Gasteiger partial charge on any atom is 0.265 e. The van der Waals surface area contributed by atoms with E-state index in [9.17, 15) is 4.79 Å². The molecule has 21 heavy (non-hydrogen) atoms. The van der Waals surface area contributed by atoms with E-state index in [0.29, 0.717) is 17.2 Å². The molecule has 0 aromatic carbocycles. The van der Waals surface area contributed by atoms with Gasteiger partial charge in [0, 0.05) is 19.3 Å². The minimum absolute atomic E-state index is 0.214. The highest BCUT2D eigenvalue weighted by Gasteiger charge is 2.21. The fourth-order valence-electron chi connectivity index (χ4n) is 2.20. The number of carbonyl (C=O) groups excluding carboxylic acids is 1. The number of carbonyl (C=O) groups is 1. The molecule has 2 aromatic rings. The summed E-state index contributed by atoms with van der Waals surface area (Å²) in [6, 6.07) is 1.76. The number of nitrogens with one attached hydrogen (secondary N) is 1. The molecule has 0 aliphatic carbocycles. The highest BCUT2D eigenvalue weighted by molar-refractivity contribution is 7.18. The molecule has 110 valence electrons. The van der Waals surface area contributed by atoms with Gasteiger partial charge in [0.25, 0.3) is 5.91 Å². The number of hydrogen-bond donors (Lipinski definition) is 2. The molecule has 0 radical (unpaired) electrons. The molecule has 7 nitrogen and oxygen atoms in total. The number of nitrogen functional groups attached to an aromatic ring is 1. The number of nitrogens with zero attached hydrogens (tertiary/aromatic N) is 4. The number of aromatic nitrogens is 3. The number of rotatable bonds is 4. The van der Waals surface area contributed by atoms with Gasteiger partial charge in [0.15, 0.2) is 5.13 Å². The van der Waals surface area contributed by atoms with Crippen LogP contribution in [0.25, 0.3) is 0 Å². The van der Waals surface area contributed by atoms with Gasteiger partial charge in [-0.2, -0.15) is 0 Å². The Labute approximate surface area is 126 Å². The Morgan fingerprint density at radius 3 is 2.95 bits per heavy atom. The van der Waals surface area contributed by atoms with Crippen LogP contribution >= 0.6 is 11.3 Å². The third-order valence-corrected chi connectivity index (χ3v) is 4.43. The van der Waals surface area contributed by atoms with Crippen molar-refractivity contribution in [2.24, 2.45) is 0 Å². The van der Waals surface area contributed by atoms with E-state index in [4.69, 9.17) is 5.73 Å². The van der Waals surface area contributed by atoms with Crippen LogP contribution in [0.5, 0.6) is 0 Å². The smallest absolute Gasteiger partial charge is 0.265 e. The molecule has 0 bridgehead atoms. The van der Waals surface area contributed by atoms with Gasteiger partial charge in [-0.25, -0.2) is 15.0 Å². The first-order valence-corrected chi connectivity index (χ1v) is 7.60. The summed E-state index contributed by atoms with van der Waals surface area (Å²) in [6.07, 6.45) is 5.42. The van der Waals surface area contributed by atoms with Crippen molar-refractivity contribution in [1.29, 1.82) is 0 Å². The molecule has 2 aromatic heterocycles. The van der Waals surface area contributed by atoms with Crippen LogP contribution in [0.2, 0.25) is 0 Å². The summed E-state index contributed by atoms with van der Waals surface area (Å²) in [5, 5.41) is 3.63. The molecule has 1 aliphatic rings. The van der Waals surface area contributed by atoms with Crippen molar-refractivity contribution in [2.45, 2.75) is 19.4 Å². The lowest BCUT2D eigenvalue weighted by Gasteiger charge is -2.11. The van der Waals surface area contributed by atoms with Crippen LogP contribution in [0, 0.1) is 0 Å². The first-order valence-electron chi connectivity index (χ1n) is 6.78. The zero-order chi connectivity index (χ0) is 14.7. The van der Waals surface area contributed by atoms with Gasteiger partial charge in [-0.15, -0.1) is 0 Å². The summed E-state index contributed by atoms with van der Waals surface area (Å²) in [5.74, 6) is 0.0798. The lowest BCUT2D eigenvalue weighted by molar-refractivity contribution is 0.0955. The van der Waals surface area contributed by atoms with Crippen LogP contribution in [0.1, 0.15) is 28.2 Å². The van der Waals surface area contributed by atoms with E-state index < -0.39 is 0 Å². The lowest BCUT2D eigenvalue weighted by atomic mass is 10.4. The second-order valence-electron chi connectivity index (χ2n) is 4.79. The summed E-state index contributed by atoms with van der Waals surface area (Å²) >= 11 is 1.35. The standard InChI is InChI=1S/C13H16N6OS/c14-11-10(21-13(18-11)19-5-1-2-6-19)12(20)16-7-9-3-4-15-8-17-9/h3-4,8H,1-2,5-7,14H2,(H,16,20). The first-order chi connectivity index (χ1) is 10.2. The SMILES string of the molecule is Nc1nc(N2CCCC2)sc1C(=O)NCc1ccncn1. The molecule has 1 amide bonds. The molecule has 0 spiro atoms. The number of amides is 1. The van der Waals surface area contributed by atoms with Crippen molar-refractivity contribution >= 4 is 28.2 Å². The second kappa shape index (κ2) is 6.04. The zero-order valence-electron chi connectivity index (χ0n) is 11.5. The summed E-state index contributed by atoms with van der Waals surface area (Å²) in [6.45, 7) is 2.31. The lowest BCUT2D eigenvalue weighted by Crippen LogP contribution is -2.23. The van der Waals surface area contributed by atoms with Crippen LogP contribution in [0.3, 0.4) is 0 Å². The predicted octanol–water partition coefficient (Wildman–Crippen LogP) is 1.05. The third kappa shape index (κ3) is 3.10. The van der Waals surface area contributed by atoms with Crippen molar-refractivity contribution < 1.29 is 4.79 Å². The number of hydrogen-bond acceptors (Lipinski definition) is 7. The van der Waals surface area contributed by atoms with Crippen LogP contribution in [-0.2, 0) is 6.54 Å². The van der Waals surface area contributed by atoms with Gasteiger partial charge in [0.05, 0.1) is 12.2 Å². The zero-order valence-corrected chi connectivity index (χ0v) is 12.3. The van der Waals surface area contributed by atoms with Crippen molar-refractivity contribution in [2.75, 3.05) is 23.7 Å². The molecule has 1 fully saturated rings. The van der Waals surface area contributed by atoms with Crippen LogP contribution < -0.4 is 16.0 Å². The third-order valence-electron chi connectivity index (χ3n) is 3.30. The number of thiazole rings is 1. The normalized spacial score (nSPS) is 14.4. The van der Waals surface area contributed by atoms with Gasteiger partial charge in [-0.3, -0.25) is 4.79 Å². The van der Waals surface area contributed by atoms with Gasteiger partial charge < -0.3 is 16.0 Å². The van der Waals surface area contributed by atoms with Gasteiger partial charge in [0.2, 0.25) is 0 Å². The van der Waals surface area contributed by atoms with Crippen molar-refractivity contribution in [1.82, 2.24) is 20.3 Å². The van der Waals surface area contributed by atoms with E-state index in [1.807, 2.05) is 0 Å². The van der Waals surface area contributed by atoms with Crippen LogP contribution in [0.15, 0.2) is 18.6 Å².